The molecule has 0 saturated heterocycles. The SMILES string of the molecule is CCCN(CCBr)C(=O)c1cn(C)nc1C. The lowest BCUT2D eigenvalue weighted by Gasteiger charge is -2.20. The molecular formula is C11H18BrN3O. The molecule has 1 heterocycles. The number of amides is 1. The van der Waals surface area contributed by atoms with Gasteiger partial charge in [0.05, 0.1) is 11.3 Å². The van der Waals surface area contributed by atoms with Crippen LogP contribution in [0, 0.1) is 6.92 Å². The van der Waals surface area contributed by atoms with Crippen LogP contribution in [0.1, 0.15) is 29.4 Å². The van der Waals surface area contributed by atoms with Crippen molar-refractivity contribution in [3.8, 4) is 0 Å². The summed E-state index contributed by atoms with van der Waals surface area (Å²) in [5.41, 5.74) is 1.50. The van der Waals surface area contributed by atoms with E-state index in [0.29, 0.717) is 5.56 Å². The summed E-state index contributed by atoms with van der Waals surface area (Å²) in [6.07, 6.45) is 2.76. The van der Waals surface area contributed by atoms with Crippen LogP contribution in [0.5, 0.6) is 0 Å². The van der Waals surface area contributed by atoms with Crippen molar-refractivity contribution in [2.45, 2.75) is 20.3 Å². The second-order valence-corrected chi connectivity index (χ2v) is 4.58. The van der Waals surface area contributed by atoms with Crippen LogP contribution in [-0.4, -0.2) is 39.0 Å². The Labute approximate surface area is 105 Å². The molecule has 90 valence electrons. The maximum Gasteiger partial charge on any atom is 0.257 e. The molecule has 0 unspecified atom stereocenters. The molecule has 0 aliphatic carbocycles. The second kappa shape index (κ2) is 6.03. The summed E-state index contributed by atoms with van der Waals surface area (Å²) in [5.74, 6) is 0.0758. The molecule has 1 amide bonds. The summed E-state index contributed by atoms with van der Waals surface area (Å²) >= 11 is 3.37. The number of hydrogen-bond donors (Lipinski definition) is 0. The smallest absolute Gasteiger partial charge is 0.257 e. The number of hydrogen-bond acceptors (Lipinski definition) is 2. The zero-order valence-electron chi connectivity index (χ0n) is 10.0. The van der Waals surface area contributed by atoms with E-state index in [1.54, 1.807) is 10.9 Å². The second-order valence-electron chi connectivity index (χ2n) is 3.78. The van der Waals surface area contributed by atoms with Gasteiger partial charge in [-0.15, -0.1) is 0 Å². The van der Waals surface area contributed by atoms with Gasteiger partial charge in [0.15, 0.2) is 0 Å². The number of rotatable bonds is 5. The fraction of sp³-hybridized carbons (Fsp3) is 0.636. The van der Waals surface area contributed by atoms with Crippen molar-refractivity contribution < 1.29 is 4.79 Å². The topological polar surface area (TPSA) is 38.1 Å². The average molecular weight is 288 g/mol. The highest BCUT2D eigenvalue weighted by atomic mass is 79.9. The molecular weight excluding hydrogens is 270 g/mol. The van der Waals surface area contributed by atoms with Gasteiger partial charge in [0.25, 0.3) is 5.91 Å². The predicted molar refractivity (Wildman–Crippen MR) is 67.9 cm³/mol. The standard InChI is InChI=1S/C11H18BrN3O/c1-4-6-15(7-5-12)11(16)10-8-14(3)13-9(10)2/h8H,4-7H2,1-3H3. The van der Waals surface area contributed by atoms with Crippen molar-refractivity contribution in [3.05, 3.63) is 17.5 Å². The quantitative estimate of drug-likeness (QED) is 0.777. The normalized spacial score (nSPS) is 10.5. The van der Waals surface area contributed by atoms with Crippen LogP contribution in [0.4, 0.5) is 0 Å². The van der Waals surface area contributed by atoms with Gasteiger partial charge in [0.2, 0.25) is 0 Å². The number of alkyl halides is 1. The van der Waals surface area contributed by atoms with E-state index in [1.165, 1.54) is 0 Å². The van der Waals surface area contributed by atoms with Crippen LogP contribution in [-0.2, 0) is 7.05 Å². The Balaban J connectivity index is 2.85. The molecule has 0 spiro atoms. The number of halogens is 1. The van der Waals surface area contributed by atoms with Gasteiger partial charge in [0.1, 0.15) is 0 Å². The van der Waals surface area contributed by atoms with Gasteiger partial charge >= 0.3 is 0 Å². The monoisotopic (exact) mass is 287 g/mol. The lowest BCUT2D eigenvalue weighted by atomic mass is 10.2. The van der Waals surface area contributed by atoms with Crippen LogP contribution < -0.4 is 0 Å². The maximum absolute atomic E-state index is 12.2. The van der Waals surface area contributed by atoms with Gasteiger partial charge in [-0.1, -0.05) is 22.9 Å². The van der Waals surface area contributed by atoms with E-state index in [1.807, 2.05) is 18.9 Å². The Hall–Kier alpha value is -0.840. The first-order valence-corrected chi connectivity index (χ1v) is 6.57. The van der Waals surface area contributed by atoms with Crippen LogP contribution in [0.2, 0.25) is 0 Å². The van der Waals surface area contributed by atoms with Gasteiger partial charge in [-0.3, -0.25) is 9.48 Å². The highest BCUT2D eigenvalue weighted by Gasteiger charge is 2.18. The number of carbonyl (C=O) groups is 1. The van der Waals surface area contributed by atoms with E-state index in [0.717, 1.165) is 30.5 Å². The van der Waals surface area contributed by atoms with Gasteiger partial charge in [0, 0.05) is 31.7 Å². The van der Waals surface area contributed by atoms with E-state index in [4.69, 9.17) is 0 Å². The van der Waals surface area contributed by atoms with Crippen molar-refractivity contribution in [2.24, 2.45) is 7.05 Å². The Morgan fingerprint density at radius 1 is 1.56 bits per heavy atom. The summed E-state index contributed by atoms with van der Waals surface area (Å²) in [4.78, 5) is 14.1. The number of aryl methyl sites for hydroxylation is 2. The van der Waals surface area contributed by atoms with Crippen molar-refractivity contribution in [2.75, 3.05) is 18.4 Å². The third-order valence-corrected chi connectivity index (χ3v) is 2.73. The molecule has 0 fully saturated rings. The maximum atomic E-state index is 12.2. The third kappa shape index (κ3) is 3.07. The summed E-state index contributed by atoms with van der Waals surface area (Å²) in [5, 5.41) is 5.00. The van der Waals surface area contributed by atoms with Gasteiger partial charge in [-0.05, 0) is 13.3 Å². The minimum atomic E-state index is 0.0758. The molecule has 0 aliphatic heterocycles. The third-order valence-electron chi connectivity index (χ3n) is 2.38. The molecule has 0 radical (unpaired) electrons. The molecule has 1 aromatic rings. The van der Waals surface area contributed by atoms with E-state index in [2.05, 4.69) is 28.0 Å². The summed E-state index contributed by atoms with van der Waals surface area (Å²) in [7, 11) is 1.83. The first kappa shape index (κ1) is 13.2. The molecule has 0 aliphatic rings. The fourth-order valence-corrected chi connectivity index (χ4v) is 2.09. The van der Waals surface area contributed by atoms with Gasteiger partial charge < -0.3 is 4.90 Å². The van der Waals surface area contributed by atoms with Crippen LogP contribution >= 0.6 is 15.9 Å². The van der Waals surface area contributed by atoms with Crippen LogP contribution in [0.25, 0.3) is 0 Å². The molecule has 0 aromatic carbocycles. The molecule has 0 atom stereocenters. The minimum Gasteiger partial charge on any atom is -0.338 e. The molecule has 0 bridgehead atoms. The Morgan fingerprint density at radius 2 is 2.25 bits per heavy atom. The number of aromatic nitrogens is 2. The first-order chi connectivity index (χ1) is 7.60. The van der Waals surface area contributed by atoms with E-state index < -0.39 is 0 Å². The summed E-state index contributed by atoms with van der Waals surface area (Å²) < 4.78 is 1.68. The fourth-order valence-electron chi connectivity index (χ4n) is 1.67. The minimum absolute atomic E-state index is 0.0758. The van der Waals surface area contributed by atoms with E-state index >= 15 is 0 Å². The number of nitrogens with zero attached hydrogens (tertiary/aromatic N) is 3. The summed E-state index contributed by atoms with van der Waals surface area (Å²) in [6.45, 7) is 5.47. The Kier molecular flexibility index (Phi) is 4.99. The van der Waals surface area contributed by atoms with E-state index in [-0.39, 0.29) is 5.91 Å². The zero-order chi connectivity index (χ0) is 12.1. The lowest BCUT2D eigenvalue weighted by Crippen LogP contribution is -2.33. The largest absolute Gasteiger partial charge is 0.338 e. The Bertz CT molecular complexity index is 356. The predicted octanol–water partition coefficient (Wildman–Crippen LogP) is 1.98. The lowest BCUT2D eigenvalue weighted by molar-refractivity contribution is 0.0765. The van der Waals surface area contributed by atoms with Crippen LogP contribution in [0.15, 0.2) is 6.20 Å². The molecule has 16 heavy (non-hydrogen) atoms. The highest BCUT2D eigenvalue weighted by Crippen LogP contribution is 2.09. The molecule has 1 rings (SSSR count). The van der Waals surface area contributed by atoms with Crippen molar-refractivity contribution in [1.29, 1.82) is 0 Å². The van der Waals surface area contributed by atoms with Gasteiger partial charge in [-0.2, -0.15) is 5.10 Å². The average Bonchev–Trinajstić information content (AvgIpc) is 2.56. The van der Waals surface area contributed by atoms with Gasteiger partial charge in [-0.25, -0.2) is 0 Å². The van der Waals surface area contributed by atoms with Crippen molar-refractivity contribution in [3.63, 3.8) is 0 Å². The summed E-state index contributed by atoms with van der Waals surface area (Å²) in [6, 6.07) is 0. The first-order valence-electron chi connectivity index (χ1n) is 5.45. The van der Waals surface area contributed by atoms with Crippen molar-refractivity contribution >= 4 is 21.8 Å². The van der Waals surface area contributed by atoms with Crippen LogP contribution in [0.3, 0.4) is 0 Å². The molecule has 0 N–H and O–H groups in total. The number of carbonyl (C=O) groups excluding carboxylic acids is 1. The zero-order valence-corrected chi connectivity index (χ0v) is 11.6. The van der Waals surface area contributed by atoms with Crippen molar-refractivity contribution in [1.82, 2.24) is 14.7 Å². The Morgan fingerprint density at radius 3 is 2.69 bits per heavy atom. The molecule has 1 aromatic heterocycles. The molecule has 5 heteroatoms. The van der Waals surface area contributed by atoms with E-state index in [9.17, 15) is 4.79 Å². The highest BCUT2D eigenvalue weighted by molar-refractivity contribution is 9.09. The molecule has 0 saturated carbocycles. The molecule has 4 nitrogen and oxygen atoms in total.